The van der Waals surface area contributed by atoms with E-state index in [0.717, 1.165) is 0 Å². The first-order valence-corrected chi connectivity index (χ1v) is 12.3. The minimum Gasteiger partial charge on any atom is -0.491 e. The fourth-order valence-corrected chi connectivity index (χ4v) is 3.05. The minimum atomic E-state index is -0.490. The molecule has 6 amide bonds. The fraction of sp³-hybridized carbons (Fsp3) is 0.286. The number of H-pyrrole nitrogens is 3. The van der Waals surface area contributed by atoms with Crippen molar-refractivity contribution in [3.8, 4) is 17.2 Å². The van der Waals surface area contributed by atoms with Gasteiger partial charge in [-0.05, 0) is 0 Å². The summed E-state index contributed by atoms with van der Waals surface area (Å²) >= 11 is 0. The van der Waals surface area contributed by atoms with Gasteiger partial charge in [0.1, 0.15) is 56.1 Å². The summed E-state index contributed by atoms with van der Waals surface area (Å²) in [5.74, 6) is 1.80. The Hall–Kier alpha value is -6.15. The number of urea groups is 3. The summed E-state index contributed by atoms with van der Waals surface area (Å²) in [6.07, 6.45) is 4.00. The van der Waals surface area contributed by atoms with Crippen LogP contribution in [-0.2, 0) is 0 Å². The van der Waals surface area contributed by atoms with Crippen LogP contribution < -0.4 is 46.1 Å². The van der Waals surface area contributed by atoms with Crippen LogP contribution in [0.2, 0.25) is 0 Å². The Morgan fingerprint density at radius 2 is 0.857 bits per heavy atom. The zero-order chi connectivity index (χ0) is 29.4. The summed E-state index contributed by atoms with van der Waals surface area (Å²) in [6, 6.07) is 3.40. The molecule has 42 heavy (non-hydrogen) atoms. The lowest BCUT2D eigenvalue weighted by atomic mass is 10.3. The molecule has 0 bridgehead atoms. The van der Waals surface area contributed by atoms with Crippen molar-refractivity contribution < 1.29 is 28.6 Å². The number of carbonyl (C=O) groups excluding carboxylic acids is 3. The smallest absolute Gasteiger partial charge is 0.321 e. The second-order valence-electron chi connectivity index (χ2n) is 7.84. The highest BCUT2D eigenvalue weighted by Gasteiger charge is 2.09. The molecule has 0 aliphatic rings. The Bertz CT molecular complexity index is 1200. The molecule has 3 heterocycles. The molecule has 0 spiro atoms. The number of hydrogen-bond donors (Lipinski definition) is 9. The van der Waals surface area contributed by atoms with Gasteiger partial charge in [-0.15, -0.1) is 30.6 Å². The van der Waals surface area contributed by atoms with E-state index in [-0.39, 0.29) is 57.3 Å². The molecule has 0 aliphatic heterocycles. The van der Waals surface area contributed by atoms with Gasteiger partial charge in [0.2, 0.25) is 17.8 Å². The molecule has 0 unspecified atom stereocenters. The van der Waals surface area contributed by atoms with Crippen LogP contribution in [0, 0.1) is 0 Å². The lowest BCUT2D eigenvalue weighted by molar-refractivity contribution is 0.245. The fourth-order valence-electron chi connectivity index (χ4n) is 3.05. The van der Waals surface area contributed by atoms with E-state index in [1.165, 1.54) is 19.0 Å². The van der Waals surface area contributed by atoms with Crippen molar-refractivity contribution in [2.24, 2.45) is 0 Å². The Morgan fingerprint density at radius 1 is 0.548 bits per heavy atom. The van der Waals surface area contributed by atoms with Gasteiger partial charge >= 0.3 is 18.1 Å². The van der Waals surface area contributed by atoms with Crippen molar-refractivity contribution in [1.29, 1.82) is 0 Å². The number of rotatable bonds is 15. The van der Waals surface area contributed by atoms with Crippen LogP contribution in [0.4, 0.5) is 32.2 Å². The summed E-state index contributed by atoms with van der Waals surface area (Å²) in [5.41, 5.74) is 0. The topological polar surface area (TPSA) is 276 Å². The third-order valence-electron chi connectivity index (χ3n) is 4.77. The number of hydrogen-bond acceptors (Lipinski definition) is 12. The van der Waals surface area contributed by atoms with Crippen LogP contribution in [-0.4, -0.2) is 103 Å². The number of ether oxygens (including phenoxy) is 3. The molecule has 0 radical (unpaired) electrons. The molecular formula is C21H27N15O6. The number of anilines is 3. The van der Waals surface area contributed by atoms with Gasteiger partial charge in [0.05, 0.1) is 19.6 Å². The Kier molecular flexibility index (Phi) is 10.6. The Labute approximate surface area is 236 Å². The quantitative estimate of drug-likeness (QED) is 0.0809. The number of benzene rings is 1. The maximum Gasteiger partial charge on any atom is 0.321 e. The maximum absolute atomic E-state index is 11.9. The third kappa shape index (κ3) is 10.2. The average Bonchev–Trinajstić information content (AvgIpc) is 3.77. The molecule has 0 saturated heterocycles. The van der Waals surface area contributed by atoms with E-state index in [0.29, 0.717) is 17.2 Å². The van der Waals surface area contributed by atoms with Gasteiger partial charge in [0, 0.05) is 18.2 Å². The summed E-state index contributed by atoms with van der Waals surface area (Å²) < 4.78 is 17.2. The first kappa shape index (κ1) is 28.8. The third-order valence-corrected chi connectivity index (χ3v) is 4.77. The largest absolute Gasteiger partial charge is 0.491 e. The number of nitrogens with one attached hydrogen (secondary N) is 9. The first-order valence-electron chi connectivity index (χ1n) is 12.3. The molecule has 21 nitrogen and oxygen atoms in total. The molecule has 21 heteroatoms. The second kappa shape index (κ2) is 15.4. The molecule has 222 valence electrons. The van der Waals surface area contributed by atoms with Crippen molar-refractivity contribution in [2.75, 3.05) is 55.4 Å². The summed E-state index contributed by atoms with van der Waals surface area (Å²) in [6.45, 7) is 0.902. The van der Waals surface area contributed by atoms with Crippen LogP contribution in [0.25, 0.3) is 0 Å². The van der Waals surface area contributed by atoms with Crippen molar-refractivity contribution in [2.45, 2.75) is 0 Å². The standard InChI is InChI=1S/C21H27N15O6/c37-19(31-16-25-10-28-34-16)22-1-4-40-13-7-14(41-5-2-23-20(38)32-17-26-11-29-35-17)9-15(8-13)42-6-3-24-21(39)33-18-27-12-30-36-18/h7-12H,1-6H2,(H3,22,25,28,31,34,37)(H3,23,26,29,32,35,38)(H3,24,27,30,33,36,39). The van der Waals surface area contributed by atoms with E-state index in [1.807, 2.05) is 0 Å². The molecule has 0 fully saturated rings. The summed E-state index contributed by atoms with van der Waals surface area (Å²) in [7, 11) is 0. The van der Waals surface area contributed by atoms with Gasteiger partial charge in [0.25, 0.3) is 0 Å². The zero-order valence-corrected chi connectivity index (χ0v) is 21.8. The van der Waals surface area contributed by atoms with Crippen LogP contribution in [0.3, 0.4) is 0 Å². The lowest BCUT2D eigenvalue weighted by Crippen LogP contribution is -2.32. The highest BCUT2D eigenvalue weighted by Crippen LogP contribution is 2.28. The van der Waals surface area contributed by atoms with E-state index < -0.39 is 18.1 Å². The second-order valence-corrected chi connectivity index (χ2v) is 7.84. The molecule has 0 atom stereocenters. The number of aromatic nitrogens is 9. The normalized spacial score (nSPS) is 10.3. The highest BCUT2D eigenvalue weighted by molar-refractivity contribution is 5.88. The minimum absolute atomic E-state index is 0.124. The van der Waals surface area contributed by atoms with Gasteiger partial charge < -0.3 is 45.1 Å². The zero-order valence-electron chi connectivity index (χ0n) is 21.8. The molecule has 0 aliphatic carbocycles. The monoisotopic (exact) mass is 585 g/mol. The first-order chi connectivity index (χ1) is 20.5. The van der Waals surface area contributed by atoms with E-state index in [1.54, 1.807) is 18.2 Å². The van der Waals surface area contributed by atoms with Crippen molar-refractivity contribution in [3.05, 3.63) is 37.2 Å². The van der Waals surface area contributed by atoms with Crippen LogP contribution >= 0.6 is 0 Å². The van der Waals surface area contributed by atoms with Gasteiger partial charge in [-0.2, -0.15) is 0 Å². The van der Waals surface area contributed by atoms with Crippen molar-refractivity contribution in [3.63, 3.8) is 0 Å². The van der Waals surface area contributed by atoms with Crippen molar-refractivity contribution >= 4 is 35.9 Å². The van der Waals surface area contributed by atoms with Gasteiger partial charge in [-0.3, -0.25) is 16.0 Å². The van der Waals surface area contributed by atoms with Crippen molar-refractivity contribution in [1.82, 2.24) is 61.5 Å². The highest BCUT2D eigenvalue weighted by atomic mass is 16.5. The van der Waals surface area contributed by atoms with Crippen LogP contribution in [0.5, 0.6) is 17.2 Å². The lowest BCUT2D eigenvalue weighted by Gasteiger charge is -2.14. The molecule has 4 rings (SSSR count). The van der Waals surface area contributed by atoms with E-state index in [4.69, 9.17) is 14.2 Å². The Morgan fingerprint density at radius 3 is 1.12 bits per heavy atom. The number of carbonyl (C=O) groups is 3. The molecule has 0 saturated carbocycles. The SMILES string of the molecule is O=C(NCCOc1cc(OCCNC(=O)Nc2nnc[nH]2)cc(OCCNC(=O)Nc2nnc[nH]2)c1)Nc1nnc[nH]1. The molecule has 3 aromatic heterocycles. The molecular weight excluding hydrogens is 558 g/mol. The van der Waals surface area contributed by atoms with E-state index in [2.05, 4.69) is 77.4 Å². The molecule has 1 aromatic carbocycles. The summed E-state index contributed by atoms with van der Waals surface area (Å²) in [5, 5.41) is 37.0. The van der Waals surface area contributed by atoms with Crippen LogP contribution in [0.1, 0.15) is 0 Å². The molecule has 4 aromatic rings. The average molecular weight is 586 g/mol. The van der Waals surface area contributed by atoms with Gasteiger partial charge in [-0.25, -0.2) is 14.4 Å². The predicted octanol–water partition coefficient (Wildman–Crippen LogP) is -0.358. The number of aromatic amines is 3. The maximum atomic E-state index is 11.9. The summed E-state index contributed by atoms with van der Waals surface area (Å²) in [4.78, 5) is 43.7. The number of amides is 6. The Balaban J connectivity index is 1.24. The van der Waals surface area contributed by atoms with E-state index >= 15 is 0 Å². The van der Waals surface area contributed by atoms with E-state index in [9.17, 15) is 14.4 Å². The molecule has 9 N–H and O–H groups in total. The van der Waals surface area contributed by atoms with Gasteiger partial charge in [0.15, 0.2) is 0 Å². The van der Waals surface area contributed by atoms with Crippen LogP contribution in [0.15, 0.2) is 37.2 Å². The number of nitrogens with zero attached hydrogens (tertiary/aromatic N) is 6. The van der Waals surface area contributed by atoms with Gasteiger partial charge in [-0.1, -0.05) is 0 Å². The predicted molar refractivity (Wildman–Crippen MR) is 143 cm³/mol.